The number of carbonyl (C=O) groups is 2. The number of amides is 2. The van der Waals surface area contributed by atoms with E-state index in [2.05, 4.69) is 15.6 Å². The van der Waals surface area contributed by atoms with Crippen LogP contribution in [0.1, 0.15) is 43.5 Å². The lowest BCUT2D eigenvalue weighted by atomic mass is 9.85. The summed E-state index contributed by atoms with van der Waals surface area (Å²) < 4.78 is 1.10. The number of thiazole rings is 1. The number of likely N-dealkylation sites (N-methyl/N-ethyl adjacent to an activating group) is 1. The molecular weight excluding hydrogens is 364 g/mol. The van der Waals surface area contributed by atoms with Gasteiger partial charge in [0.2, 0.25) is 0 Å². The minimum absolute atomic E-state index is 0.0534. The lowest BCUT2D eigenvalue weighted by Crippen LogP contribution is -2.55. The van der Waals surface area contributed by atoms with E-state index in [0.29, 0.717) is 12.5 Å². The van der Waals surface area contributed by atoms with Gasteiger partial charge in [-0.05, 0) is 50.4 Å². The van der Waals surface area contributed by atoms with Gasteiger partial charge in [0, 0.05) is 23.7 Å². The second kappa shape index (κ2) is 7.44. The van der Waals surface area contributed by atoms with E-state index in [0.717, 1.165) is 28.7 Å². The Kier molecular flexibility index (Phi) is 5.01. The third kappa shape index (κ3) is 4.22. The molecular formula is C19H24N4O3S. The third-order valence-electron chi connectivity index (χ3n) is 5.30. The molecule has 2 fully saturated rings. The minimum atomic E-state index is -0.811. The number of benzene rings is 1. The number of carboxylic acids is 1. The first-order chi connectivity index (χ1) is 13.0. The van der Waals surface area contributed by atoms with E-state index < -0.39 is 5.97 Å². The van der Waals surface area contributed by atoms with Crippen LogP contribution in [0.3, 0.4) is 0 Å². The number of nitrogens with one attached hydrogen (secondary N) is 2. The van der Waals surface area contributed by atoms with E-state index in [-0.39, 0.29) is 24.7 Å². The van der Waals surface area contributed by atoms with Crippen LogP contribution in [0, 0.1) is 0 Å². The Hall–Kier alpha value is -2.19. The molecule has 1 aromatic heterocycles. The first kappa shape index (κ1) is 18.2. The van der Waals surface area contributed by atoms with Crippen molar-refractivity contribution in [2.24, 2.45) is 0 Å². The fraction of sp³-hybridized carbons (Fsp3) is 0.526. The average molecular weight is 388 g/mol. The zero-order valence-electron chi connectivity index (χ0n) is 15.3. The molecule has 0 saturated heterocycles. The van der Waals surface area contributed by atoms with Crippen molar-refractivity contribution >= 4 is 39.2 Å². The average Bonchev–Trinajstić information content (AvgIpc) is 3.35. The number of nitrogens with zero attached hydrogens (tertiary/aromatic N) is 2. The highest BCUT2D eigenvalue weighted by atomic mass is 32.1. The van der Waals surface area contributed by atoms with Crippen LogP contribution < -0.4 is 10.6 Å². The molecule has 2 saturated carbocycles. The summed E-state index contributed by atoms with van der Waals surface area (Å²) in [4.78, 5) is 29.7. The zero-order valence-corrected chi connectivity index (χ0v) is 16.1. The second-order valence-corrected chi connectivity index (χ2v) is 8.45. The van der Waals surface area contributed by atoms with Crippen molar-refractivity contribution in [3.63, 3.8) is 0 Å². The molecule has 2 aliphatic carbocycles. The normalized spacial score (nSPS) is 21.9. The Morgan fingerprint density at radius 3 is 2.78 bits per heavy atom. The first-order valence-electron chi connectivity index (χ1n) is 9.45. The topological polar surface area (TPSA) is 94.6 Å². The number of rotatable bonds is 7. The summed E-state index contributed by atoms with van der Waals surface area (Å²) in [6.45, 7) is 2.71. The Labute approximate surface area is 161 Å². The van der Waals surface area contributed by atoms with E-state index in [4.69, 9.17) is 5.11 Å². The van der Waals surface area contributed by atoms with Crippen LogP contribution >= 0.6 is 11.3 Å². The number of urea groups is 1. The predicted octanol–water partition coefficient (Wildman–Crippen LogP) is 3.23. The van der Waals surface area contributed by atoms with Gasteiger partial charge < -0.3 is 15.7 Å². The summed E-state index contributed by atoms with van der Waals surface area (Å²) in [5.41, 5.74) is 1.76. The molecule has 144 valence electrons. The molecule has 2 aliphatic rings. The lowest BCUT2D eigenvalue weighted by molar-refractivity contribution is -0.139. The lowest BCUT2D eigenvalue weighted by Gasteiger charge is -2.42. The number of hydrogen-bond acceptors (Lipinski definition) is 5. The molecule has 0 atom stereocenters. The van der Waals surface area contributed by atoms with Gasteiger partial charge in [-0.25, -0.2) is 9.78 Å². The van der Waals surface area contributed by atoms with Crippen LogP contribution in [0.2, 0.25) is 0 Å². The molecule has 2 aromatic rings. The van der Waals surface area contributed by atoms with E-state index in [1.807, 2.05) is 30.0 Å². The van der Waals surface area contributed by atoms with E-state index in [1.165, 1.54) is 17.8 Å². The van der Waals surface area contributed by atoms with Crippen molar-refractivity contribution in [1.82, 2.24) is 15.2 Å². The fourth-order valence-corrected chi connectivity index (χ4v) is 4.73. The highest BCUT2D eigenvalue weighted by Gasteiger charge is 2.34. The van der Waals surface area contributed by atoms with Gasteiger partial charge in [0.05, 0.1) is 21.8 Å². The molecule has 1 aromatic carbocycles. The summed E-state index contributed by atoms with van der Waals surface area (Å²) in [7, 11) is 0. The van der Waals surface area contributed by atoms with E-state index in [1.54, 1.807) is 11.3 Å². The molecule has 1 heterocycles. The fourth-order valence-electron chi connectivity index (χ4n) is 3.55. The standard InChI is InChI=1S/C19H24N4O3S/c1-2-23(10-17(24)25)14-7-13(8-14)21-19(26)20-12-5-6-15-16(9-12)27-18(22-15)11-3-4-11/h5-6,9,11,13-14H,2-4,7-8,10H2,1H3,(H,24,25)(H2,20,21,26). The number of aliphatic carboxylic acids is 1. The van der Waals surface area contributed by atoms with Crippen molar-refractivity contribution in [1.29, 1.82) is 0 Å². The smallest absolute Gasteiger partial charge is 0.319 e. The maximum absolute atomic E-state index is 12.3. The highest BCUT2D eigenvalue weighted by Crippen LogP contribution is 2.43. The largest absolute Gasteiger partial charge is 0.480 e. The van der Waals surface area contributed by atoms with Gasteiger partial charge in [-0.15, -0.1) is 11.3 Å². The summed E-state index contributed by atoms with van der Waals surface area (Å²) in [6, 6.07) is 5.92. The van der Waals surface area contributed by atoms with Crippen molar-refractivity contribution in [3.8, 4) is 0 Å². The van der Waals surface area contributed by atoms with Crippen molar-refractivity contribution in [2.75, 3.05) is 18.4 Å². The molecule has 4 rings (SSSR count). The Morgan fingerprint density at radius 1 is 1.33 bits per heavy atom. The van der Waals surface area contributed by atoms with Gasteiger partial charge in [-0.1, -0.05) is 6.92 Å². The maximum Gasteiger partial charge on any atom is 0.319 e. The number of anilines is 1. The van der Waals surface area contributed by atoms with Gasteiger partial charge in [-0.3, -0.25) is 9.69 Å². The molecule has 0 unspecified atom stereocenters. The number of fused-ring (bicyclic) bond motifs is 1. The summed E-state index contributed by atoms with van der Waals surface area (Å²) in [6.07, 6.45) is 4.04. The first-order valence-corrected chi connectivity index (χ1v) is 10.3. The number of carbonyl (C=O) groups excluding carboxylic acids is 1. The quantitative estimate of drug-likeness (QED) is 0.677. The maximum atomic E-state index is 12.3. The molecule has 0 aliphatic heterocycles. The van der Waals surface area contributed by atoms with Crippen LogP contribution in [-0.2, 0) is 4.79 Å². The van der Waals surface area contributed by atoms with Crippen LogP contribution in [0.5, 0.6) is 0 Å². The molecule has 3 N–H and O–H groups in total. The minimum Gasteiger partial charge on any atom is -0.480 e. The monoisotopic (exact) mass is 388 g/mol. The summed E-state index contributed by atoms with van der Waals surface area (Å²) in [5.74, 6) is -0.174. The van der Waals surface area contributed by atoms with Crippen molar-refractivity contribution in [2.45, 2.75) is 50.6 Å². The molecule has 2 amide bonds. The second-order valence-electron chi connectivity index (χ2n) is 7.39. The Bertz CT molecular complexity index is 858. The van der Waals surface area contributed by atoms with E-state index >= 15 is 0 Å². The van der Waals surface area contributed by atoms with Crippen molar-refractivity contribution in [3.05, 3.63) is 23.2 Å². The zero-order chi connectivity index (χ0) is 19.0. The van der Waals surface area contributed by atoms with Crippen LogP contribution in [0.25, 0.3) is 10.2 Å². The molecule has 8 heteroatoms. The highest BCUT2D eigenvalue weighted by molar-refractivity contribution is 7.18. The van der Waals surface area contributed by atoms with Gasteiger partial charge in [0.1, 0.15) is 0 Å². The number of aromatic nitrogens is 1. The van der Waals surface area contributed by atoms with Crippen molar-refractivity contribution < 1.29 is 14.7 Å². The van der Waals surface area contributed by atoms with Crippen LogP contribution in [0.15, 0.2) is 18.2 Å². The van der Waals surface area contributed by atoms with Crippen LogP contribution in [-0.4, -0.2) is 52.2 Å². The van der Waals surface area contributed by atoms with Gasteiger partial charge in [0.25, 0.3) is 0 Å². The van der Waals surface area contributed by atoms with Gasteiger partial charge in [0.15, 0.2) is 0 Å². The summed E-state index contributed by atoms with van der Waals surface area (Å²) >= 11 is 1.71. The molecule has 0 bridgehead atoms. The molecule has 27 heavy (non-hydrogen) atoms. The molecule has 0 radical (unpaired) electrons. The SMILES string of the molecule is CCN(CC(=O)O)C1CC(NC(=O)Nc2ccc3nc(C4CC4)sc3c2)C1. The van der Waals surface area contributed by atoms with Gasteiger partial charge >= 0.3 is 12.0 Å². The van der Waals surface area contributed by atoms with E-state index in [9.17, 15) is 9.59 Å². The van der Waals surface area contributed by atoms with Gasteiger partial charge in [-0.2, -0.15) is 0 Å². The Balaban J connectivity index is 1.28. The number of hydrogen-bond donors (Lipinski definition) is 3. The Morgan fingerprint density at radius 2 is 2.11 bits per heavy atom. The van der Waals surface area contributed by atoms with Crippen LogP contribution in [0.4, 0.5) is 10.5 Å². The molecule has 0 spiro atoms. The predicted molar refractivity (Wildman–Crippen MR) is 105 cm³/mol. The summed E-state index contributed by atoms with van der Waals surface area (Å²) in [5, 5.41) is 16.0. The third-order valence-corrected chi connectivity index (χ3v) is 6.48. The number of carboxylic acid groups (broad SMARTS) is 1. The molecule has 7 nitrogen and oxygen atoms in total.